The van der Waals surface area contributed by atoms with E-state index in [9.17, 15) is 9.60 Å². The van der Waals surface area contributed by atoms with Gasteiger partial charge in [0.2, 0.25) is 0 Å². The Balaban J connectivity index is 1.38. The van der Waals surface area contributed by atoms with Gasteiger partial charge in [0, 0.05) is 17.0 Å². The zero-order chi connectivity index (χ0) is 26.8. The zero-order valence-electron chi connectivity index (χ0n) is 20.6. The minimum atomic E-state index is -0.853. The lowest BCUT2D eigenvalue weighted by atomic mass is 9.79. The largest absolute Gasteiger partial charge is 0.411 e. The SMILES string of the molecule is CC1(C)O[C@H]2[C@H](n3ccc4c(Cl)ncnc43)C[C@](/C=N/O)(CCc3cc(F)c4cc(Cl)c(N)nc4c3)[C@H]2O1. The molecule has 1 aliphatic carbocycles. The average Bonchev–Trinajstić information content (AvgIpc) is 3.51. The van der Waals surface area contributed by atoms with Crippen LogP contribution >= 0.6 is 23.2 Å². The van der Waals surface area contributed by atoms with E-state index in [2.05, 4.69) is 20.1 Å². The number of nitrogen functional groups attached to an aromatic ring is 1. The molecule has 12 heteroatoms. The van der Waals surface area contributed by atoms with Crippen molar-refractivity contribution in [3.63, 3.8) is 0 Å². The van der Waals surface area contributed by atoms with Gasteiger partial charge in [0.1, 0.15) is 34.9 Å². The van der Waals surface area contributed by atoms with Crippen molar-refractivity contribution < 1.29 is 19.1 Å². The number of rotatable bonds is 5. The van der Waals surface area contributed by atoms with Gasteiger partial charge in [-0.25, -0.2) is 19.3 Å². The Kier molecular flexibility index (Phi) is 5.99. The highest BCUT2D eigenvalue weighted by Gasteiger charge is 2.61. The third-order valence-electron chi connectivity index (χ3n) is 7.60. The maximum Gasteiger partial charge on any atom is 0.163 e. The third-order valence-corrected chi connectivity index (χ3v) is 8.20. The summed E-state index contributed by atoms with van der Waals surface area (Å²) in [5, 5.41) is 14.8. The molecule has 1 saturated carbocycles. The fourth-order valence-electron chi connectivity index (χ4n) is 5.95. The lowest BCUT2D eigenvalue weighted by molar-refractivity contribution is -0.164. The van der Waals surface area contributed by atoms with Crippen molar-refractivity contribution in [2.75, 3.05) is 5.73 Å². The Morgan fingerprint density at radius 3 is 2.84 bits per heavy atom. The van der Waals surface area contributed by atoms with Crippen LogP contribution < -0.4 is 5.73 Å². The van der Waals surface area contributed by atoms with Gasteiger partial charge in [-0.15, -0.1) is 5.16 Å². The molecule has 3 N–H and O–H groups in total. The first-order valence-electron chi connectivity index (χ1n) is 12.2. The number of nitrogens with zero attached hydrogens (tertiary/aromatic N) is 5. The lowest BCUT2D eigenvalue weighted by Gasteiger charge is -2.31. The fraction of sp³-hybridized carbons (Fsp3) is 0.385. The molecule has 198 valence electrons. The molecule has 4 atom stereocenters. The number of benzene rings is 1. The van der Waals surface area contributed by atoms with Crippen molar-refractivity contribution in [1.82, 2.24) is 19.5 Å². The summed E-state index contributed by atoms with van der Waals surface area (Å²) < 4.78 is 29.8. The molecule has 1 aromatic carbocycles. The highest BCUT2D eigenvalue weighted by atomic mass is 35.5. The summed E-state index contributed by atoms with van der Waals surface area (Å²) >= 11 is 12.3. The number of fused-ring (bicyclic) bond motifs is 3. The Bertz CT molecular complexity index is 1590. The quantitative estimate of drug-likeness (QED) is 0.142. The average molecular weight is 559 g/mol. The van der Waals surface area contributed by atoms with Gasteiger partial charge in [-0.3, -0.25) is 0 Å². The van der Waals surface area contributed by atoms with Gasteiger partial charge in [0.15, 0.2) is 5.79 Å². The maximum absolute atomic E-state index is 15.0. The monoisotopic (exact) mass is 558 g/mol. The Labute approximate surface area is 227 Å². The molecule has 38 heavy (non-hydrogen) atoms. The predicted octanol–water partition coefficient (Wildman–Crippen LogP) is 5.55. The molecule has 4 aromatic rings. The topological polar surface area (TPSA) is 121 Å². The number of hydrogen-bond donors (Lipinski definition) is 2. The minimum absolute atomic E-state index is 0.141. The Morgan fingerprint density at radius 1 is 1.24 bits per heavy atom. The molecule has 6 rings (SSSR count). The van der Waals surface area contributed by atoms with Crippen molar-refractivity contribution in [2.45, 2.75) is 57.1 Å². The van der Waals surface area contributed by atoms with Crippen molar-refractivity contribution in [3.8, 4) is 0 Å². The van der Waals surface area contributed by atoms with Crippen LogP contribution in [0.5, 0.6) is 0 Å². The number of pyridine rings is 1. The van der Waals surface area contributed by atoms with Gasteiger partial charge >= 0.3 is 0 Å². The first-order valence-corrected chi connectivity index (χ1v) is 12.9. The molecule has 0 radical (unpaired) electrons. The number of nitrogens with two attached hydrogens (primary N) is 1. The van der Waals surface area contributed by atoms with Crippen LogP contribution in [0.1, 0.15) is 38.3 Å². The number of aryl methyl sites for hydroxylation is 1. The summed E-state index contributed by atoms with van der Waals surface area (Å²) in [4.78, 5) is 12.8. The van der Waals surface area contributed by atoms with E-state index in [0.29, 0.717) is 41.0 Å². The van der Waals surface area contributed by atoms with Crippen molar-refractivity contribution in [2.24, 2.45) is 10.6 Å². The first kappa shape index (κ1) is 25.2. The summed E-state index contributed by atoms with van der Waals surface area (Å²) in [5.41, 5.74) is 6.96. The van der Waals surface area contributed by atoms with Gasteiger partial charge in [-0.1, -0.05) is 23.2 Å². The van der Waals surface area contributed by atoms with E-state index in [-0.39, 0.29) is 23.0 Å². The summed E-state index contributed by atoms with van der Waals surface area (Å²) in [7, 11) is 0. The third kappa shape index (κ3) is 4.07. The lowest BCUT2D eigenvalue weighted by Crippen LogP contribution is -2.37. The van der Waals surface area contributed by atoms with E-state index < -0.39 is 23.1 Å². The van der Waals surface area contributed by atoms with E-state index in [1.807, 2.05) is 30.7 Å². The van der Waals surface area contributed by atoms with E-state index >= 15 is 0 Å². The predicted molar refractivity (Wildman–Crippen MR) is 142 cm³/mol. The van der Waals surface area contributed by atoms with Crippen LogP contribution in [-0.4, -0.2) is 48.9 Å². The number of oxime groups is 1. The maximum atomic E-state index is 15.0. The number of ether oxygens (including phenoxy) is 2. The van der Waals surface area contributed by atoms with Gasteiger partial charge in [0.25, 0.3) is 0 Å². The van der Waals surface area contributed by atoms with Crippen LogP contribution in [0, 0.1) is 11.2 Å². The standard InChI is InChI=1S/C26H25Cl2FN6O3/c1-25(2)37-20-19(35-6-4-14-22(28)31-12-32-24(14)35)10-26(11-33-36,21(20)38-25)5-3-13-7-17(29)15-9-16(27)23(30)34-18(15)8-13/h4,6-9,11-12,19-21,36H,3,5,10H2,1-2H3,(H2,30,34)/b33-11+/t19-,20+,21+,26+/m1/s1. The molecule has 3 aromatic heterocycles. The van der Waals surface area contributed by atoms with Crippen molar-refractivity contribution in [3.05, 3.63) is 58.3 Å². The second-order valence-corrected chi connectivity index (χ2v) is 11.2. The normalized spacial score (nSPS) is 26.6. The van der Waals surface area contributed by atoms with Crippen LogP contribution in [0.4, 0.5) is 10.2 Å². The van der Waals surface area contributed by atoms with Gasteiger partial charge in [-0.2, -0.15) is 0 Å². The van der Waals surface area contributed by atoms with E-state index in [0.717, 1.165) is 10.9 Å². The van der Waals surface area contributed by atoms with Crippen LogP contribution in [0.15, 0.2) is 41.9 Å². The van der Waals surface area contributed by atoms with E-state index in [1.165, 1.54) is 24.7 Å². The molecule has 9 nitrogen and oxygen atoms in total. The second-order valence-electron chi connectivity index (χ2n) is 10.4. The van der Waals surface area contributed by atoms with E-state index in [1.54, 1.807) is 6.07 Å². The van der Waals surface area contributed by atoms with Gasteiger partial charge in [-0.05, 0) is 62.9 Å². The summed E-state index contributed by atoms with van der Waals surface area (Å²) in [6, 6.07) is 6.43. The molecule has 0 amide bonds. The molecule has 2 fully saturated rings. The smallest absolute Gasteiger partial charge is 0.163 e. The van der Waals surface area contributed by atoms with Crippen LogP contribution in [-0.2, 0) is 15.9 Å². The Morgan fingerprint density at radius 2 is 2.05 bits per heavy atom. The molecule has 1 aliphatic heterocycles. The number of anilines is 1. The van der Waals surface area contributed by atoms with Gasteiger partial charge < -0.3 is 25.0 Å². The molecule has 0 unspecified atom stereocenters. The number of halogens is 3. The molecule has 4 heterocycles. The highest BCUT2D eigenvalue weighted by Crippen LogP contribution is 2.55. The first-order chi connectivity index (χ1) is 18.1. The van der Waals surface area contributed by atoms with Crippen LogP contribution in [0.3, 0.4) is 0 Å². The van der Waals surface area contributed by atoms with Crippen LogP contribution in [0.25, 0.3) is 21.9 Å². The second kappa shape index (κ2) is 9.01. The van der Waals surface area contributed by atoms with Crippen molar-refractivity contribution in [1.29, 1.82) is 0 Å². The molecule has 0 spiro atoms. The van der Waals surface area contributed by atoms with Gasteiger partial charge in [0.05, 0.1) is 34.3 Å². The number of aromatic nitrogens is 4. The fourth-order valence-corrected chi connectivity index (χ4v) is 6.29. The van der Waals surface area contributed by atoms with E-state index in [4.69, 9.17) is 38.4 Å². The summed E-state index contributed by atoms with van der Waals surface area (Å²) in [6.07, 6.45) is 5.57. The van der Waals surface area contributed by atoms with Crippen LogP contribution in [0.2, 0.25) is 10.2 Å². The molecule has 0 bridgehead atoms. The molecule has 2 aliphatic rings. The molecular weight excluding hydrogens is 534 g/mol. The highest BCUT2D eigenvalue weighted by molar-refractivity contribution is 6.34. The Hall–Kier alpha value is -3.05. The molecular formula is C26H25Cl2FN6O3. The minimum Gasteiger partial charge on any atom is -0.411 e. The summed E-state index contributed by atoms with van der Waals surface area (Å²) in [5.74, 6) is -1.15. The summed E-state index contributed by atoms with van der Waals surface area (Å²) in [6.45, 7) is 3.71. The number of hydrogen-bond acceptors (Lipinski definition) is 8. The molecule has 1 saturated heterocycles. The van der Waals surface area contributed by atoms with Crippen molar-refractivity contribution >= 4 is 57.2 Å². The zero-order valence-corrected chi connectivity index (χ0v) is 22.1.